The molecule has 0 rings (SSSR count). The van der Waals surface area contributed by atoms with E-state index in [0.717, 1.165) is 0 Å². The lowest BCUT2D eigenvalue weighted by Crippen LogP contribution is -2.31. The third kappa shape index (κ3) is 5.01. The lowest BCUT2D eigenvalue weighted by Gasteiger charge is -2.22. The first-order chi connectivity index (χ1) is 5.37. The highest BCUT2D eigenvalue weighted by molar-refractivity contribution is 7.81. The fourth-order valence-electron chi connectivity index (χ4n) is 0.741. The van der Waals surface area contributed by atoms with Crippen molar-refractivity contribution in [3.8, 4) is 0 Å². The number of carbonyl (C=O) groups excluding carboxylic acids is 1. The van der Waals surface area contributed by atoms with Crippen LogP contribution in [0.1, 0.15) is 20.3 Å². The molecule has 0 saturated heterocycles. The smallest absolute Gasteiger partial charge is 0.316 e. The van der Waals surface area contributed by atoms with Gasteiger partial charge in [0.15, 0.2) is 0 Å². The molecule has 0 fully saturated rings. The summed E-state index contributed by atoms with van der Waals surface area (Å²) < 4.78 is 4.80. The molecule has 0 unspecified atom stereocenters. The Labute approximate surface area is 76.3 Å². The van der Waals surface area contributed by atoms with Crippen molar-refractivity contribution in [3.63, 3.8) is 0 Å². The van der Waals surface area contributed by atoms with Crippen LogP contribution in [-0.4, -0.2) is 28.4 Å². The fraction of sp³-hybridized carbons (Fsp3) is 0.714. The van der Waals surface area contributed by atoms with Crippen molar-refractivity contribution in [2.45, 2.75) is 25.9 Å². The molecule has 0 aliphatic carbocycles. The van der Waals surface area contributed by atoms with E-state index in [1.165, 1.54) is 0 Å². The highest BCUT2D eigenvalue weighted by Crippen LogP contribution is 2.14. The van der Waals surface area contributed by atoms with Crippen LogP contribution in [0.15, 0.2) is 0 Å². The van der Waals surface area contributed by atoms with E-state index < -0.39 is 17.5 Å². The number of thiol groups is 1. The van der Waals surface area contributed by atoms with Crippen LogP contribution in [0, 0.1) is 0 Å². The summed E-state index contributed by atoms with van der Waals surface area (Å²) in [5, 5.41) is 8.42. The van der Waals surface area contributed by atoms with Gasteiger partial charge in [0.05, 0.1) is 12.2 Å². The summed E-state index contributed by atoms with van der Waals surface area (Å²) in [7, 11) is 0. The summed E-state index contributed by atoms with van der Waals surface area (Å²) in [6, 6.07) is 0. The van der Waals surface area contributed by atoms with Crippen molar-refractivity contribution in [3.05, 3.63) is 0 Å². The van der Waals surface area contributed by atoms with Crippen LogP contribution in [0.4, 0.5) is 0 Å². The second kappa shape index (κ2) is 4.35. The molecular weight excluding hydrogens is 180 g/mol. The maximum atomic E-state index is 10.7. The van der Waals surface area contributed by atoms with E-state index in [0.29, 0.717) is 0 Å². The third-order valence-electron chi connectivity index (χ3n) is 1.10. The van der Waals surface area contributed by atoms with E-state index >= 15 is 0 Å². The molecule has 70 valence electrons. The Morgan fingerprint density at radius 3 is 2.33 bits per heavy atom. The van der Waals surface area contributed by atoms with Gasteiger partial charge in [0.1, 0.15) is 5.60 Å². The van der Waals surface area contributed by atoms with Crippen LogP contribution in [0.5, 0.6) is 0 Å². The predicted molar refractivity (Wildman–Crippen MR) is 46.3 cm³/mol. The molecule has 4 nitrogen and oxygen atoms in total. The molecule has 0 aliphatic rings. The molecule has 0 amide bonds. The van der Waals surface area contributed by atoms with E-state index in [4.69, 9.17) is 9.84 Å². The molecule has 12 heavy (non-hydrogen) atoms. The third-order valence-corrected chi connectivity index (χ3v) is 1.35. The second-order valence-corrected chi connectivity index (χ2v) is 3.28. The number of hydrogen-bond acceptors (Lipinski definition) is 4. The van der Waals surface area contributed by atoms with Crippen LogP contribution in [0.3, 0.4) is 0 Å². The molecule has 0 aromatic rings. The van der Waals surface area contributed by atoms with Crippen LogP contribution in [0.25, 0.3) is 0 Å². The van der Waals surface area contributed by atoms with Gasteiger partial charge in [-0.2, -0.15) is 12.6 Å². The second-order valence-electron chi connectivity index (χ2n) is 2.96. The number of rotatable bonds is 4. The zero-order chi connectivity index (χ0) is 9.78. The highest BCUT2D eigenvalue weighted by Gasteiger charge is 2.25. The van der Waals surface area contributed by atoms with Crippen LogP contribution in [0.2, 0.25) is 0 Å². The fourth-order valence-corrected chi connectivity index (χ4v) is 0.805. The van der Waals surface area contributed by atoms with Crippen LogP contribution < -0.4 is 0 Å². The molecule has 0 saturated carbocycles. The van der Waals surface area contributed by atoms with Crippen molar-refractivity contribution in [1.29, 1.82) is 0 Å². The Bertz CT molecular complexity index is 188. The van der Waals surface area contributed by atoms with Crippen molar-refractivity contribution in [2.24, 2.45) is 0 Å². The summed E-state index contributed by atoms with van der Waals surface area (Å²) in [6.45, 7) is 3.09. The average molecular weight is 192 g/mol. The highest BCUT2D eigenvalue weighted by atomic mass is 32.1. The Morgan fingerprint density at radius 1 is 1.50 bits per heavy atom. The molecule has 0 heterocycles. The topological polar surface area (TPSA) is 63.6 Å². The zero-order valence-corrected chi connectivity index (χ0v) is 7.93. The summed E-state index contributed by atoms with van der Waals surface area (Å²) >= 11 is 3.70. The van der Waals surface area contributed by atoms with Crippen molar-refractivity contribution in [1.82, 2.24) is 0 Å². The number of carbonyl (C=O) groups is 2. The van der Waals surface area contributed by atoms with Gasteiger partial charge in [-0.15, -0.1) is 0 Å². The van der Waals surface area contributed by atoms with Gasteiger partial charge < -0.3 is 9.84 Å². The number of ether oxygens (including phenoxy) is 1. The van der Waals surface area contributed by atoms with E-state index in [1.54, 1.807) is 13.8 Å². The molecule has 1 N–H and O–H groups in total. The molecule has 0 aromatic heterocycles. The first kappa shape index (κ1) is 11.3. The Hall–Kier alpha value is -0.710. The average Bonchev–Trinajstić information content (AvgIpc) is 1.83. The summed E-state index contributed by atoms with van der Waals surface area (Å²) in [4.78, 5) is 21.0. The Kier molecular flexibility index (Phi) is 4.09. The summed E-state index contributed by atoms with van der Waals surface area (Å²) in [6.07, 6.45) is -0.202. The van der Waals surface area contributed by atoms with Crippen molar-refractivity contribution < 1.29 is 19.4 Å². The van der Waals surface area contributed by atoms with Gasteiger partial charge in [0.2, 0.25) is 0 Å². The quantitative estimate of drug-likeness (QED) is 0.508. The number of carboxylic acid groups (broad SMARTS) is 1. The van der Waals surface area contributed by atoms with Crippen LogP contribution in [-0.2, 0) is 14.3 Å². The number of carboxylic acids is 1. The maximum Gasteiger partial charge on any atom is 0.316 e. The zero-order valence-electron chi connectivity index (χ0n) is 7.03. The van der Waals surface area contributed by atoms with Crippen molar-refractivity contribution in [2.75, 3.05) is 5.75 Å². The maximum absolute atomic E-state index is 10.7. The number of aliphatic carboxylic acids is 1. The standard InChI is InChI=1S/C7H12O4S/c1-7(2,3-5(8)9)11-6(10)4-12/h12H,3-4H2,1-2H3,(H,8,9). The SMILES string of the molecule is CC(C)(CC(=O)O)OC(=O)CS. The monoisotopic (exact) mass is 192 g/mol. The van der Waals surface area contributed by atoms with Crippen molar-refractivity contribution >= 4 is 24.6 Å². The lowest BCUT2D eigenvalue weighted by atomic mass is 10.1. The largest absolute Gasteiger partial charge is 0.481 e. The van der Waals surface area contributed by atoms with E-state index in [-0.39, 0.29) is 12.2 Å². The van der Waals surface area contributed by atoms with Gasteiger partial charge in [-0.1, -0.05) is 0 Å². The number of hydrogen-bond donors (Lipinski definition) is 2. The van der Waals surface area contributed by atoms with Gasteiger partial charge in [-0.25, -0.2) is 0 Å². The Morgan fingerprint density at radius 2 is 2.00 bits per heavy atom. The van der Waals surface area contributed by atoms with Gasteiger partial charge in [0.25, 0.3) is 0 Å². The minimum absolute atomic E-state index is 0.0386. The molecule has 0 atom stereocenters. The molecule has 0 spiro atoms. The normalized spacial score (nSPS) is 10.9. The Balaban J connectivity index is 4.03. The molecular formula is C7H12O4S. The van der Waals surface area contributed by atoms with Gasteiger partial charge >= 0.3 is 11.9 Å². The van der Waals surface area contributed by atoms with Gasteiger partial charge in [0, 0.05) is 0 Å². The molecule has 0 aliphatic heterocycles. The van der Waals surface area contributed by atoms with E-state index in [9.17, 15) is 9.59 Å². The summed E-state index contributed by atoms with van der Waals surface area (Å²) in [5.74, 6) is -1.54. The van der Waals surface area contributed by atoms with Crippen LogP contribution >= 0.6 is 12.6 Å². The predicted octanol–water partition coefficient (Wildman–Crippen LogP) is 0.713. The molecule has 0 aromatic carbocycles. The minimum Gasteiger partial charge on any atom is -0.481 e. The lowest BCUT2D eigenvalue weighted by molar-refractivity contribution is -0.158. The van der Waals surface area contributed by atoms with E-state index in [1.807, 2.05) is 0 Å². The number of esters is 1. The van der Waals surface area contributed by atoms with Gasteiger partial charge in [-0.05, 0) is 13.8 Å². The summed E-state index contributed by atoms with van der Waals surface area (Å²) in [5.41, 5.74) is -0.953. The molecule has 0 bridgehead atoms. The molecule has 0 radical (unpaired) electrons. The first-order valence-corrected chi connectivity index (χ1v) is 4.05. The van der Waals surface area contributed by atoms with Gasteiger partial charge in [-0.3, -0.25) is 9.59 Å². The minimum atomic E-state index is -0.994. The van der Waals surface area contributed by atoms with E-state index in [2.05, 4.69) is 12.6 Å². The first-order valence-electron chi connectivity index (χ1n) is 3.42. The molecule has 5 heteroatoms.